The third kappa shape index (κ3) is 6.59. The van der Waals surface area contributed by atoms with E-state index in [0.29, 0.717) is 12.4 Å². The van der Waals surface area contributed by atoms with Crippen LogP contribution in [0.1, 0.15) is 43.5 Å². The summed E-state index contributed by atoms with van der Waals surface area (Å²) in [5.74, 6) is 0.448. The average molecular weight is 402 g/mol. The number of unbranched alkanes of at least 4 members (excludes halogenated alkanes) is 1. The number of nitrogens with one attached hydrogen (secondary N) is 2. The molecule has 0 aliphatic heterocycles. The predicted octanol–water partition coefficient (Wildman–Crippen LogP) is 6.69. The van der Waals surface area contributed by atoms with Crippen LogP contribution in [-0.2, 0) is 4.79 Å². The Balaban J connectivity index is 2.10. The predicted molar refractivity (Wildman–Crippen MR) is 128 cm³/mol. The van der Waals surface area contributed by atoms with E-state index in [0.717, 1.165) is 45.6 Å². The van der Waals surface area contributed by atoms with Crippen molar-refractivity contribution < 1.29 is 4.79 Å². The Kier molecular flexibility index (Phi) is 8.82. The van der Waals surface area contributed by atoms with Crippen molar-refractivity contribution in [1.29, 1.82) is 0 Å². The topological polar surface area (TPSA) is 57.8 Å². The molecule has 1 amide bonds. The number of nitrogens with zero attached hydrogens (tertiary/aromatic N) is 1. The van der Waals surface area contributed by atoms with Crippen molar-refractivity contribution in [2.45, 2.75) is 40.5 Å². The summed E-state index contributed by atoms with van der Waals surface area (Å²) in [6, 6.07) is 6.22. The van der Waals surface area contributed by atoms with E-state index < -0.39 is 0 Å². The van der Waals surface area contributed by atoms with Gasteiger partial charge in [-0.1, -0.05) is 80.2 Å². The Morgan fingerprint density at radius 2 is 2.00 bits per heavy atom. The molecule has 0 spiro atoms. The summed E-state index contributed by atoms with van der Waals surface area (Å²) in [4.78, 5) is 18.1. The highest BCUT2D eigenvalue weighted by Gasteiger charge is 2.10. The lowest BCUT2D eigenvalue weighted by atomic mass is 9.97. The van der Waals surface area contributed by atoms with E-state index in [1.54, 1.807) is 0 Å². The highest BCUT2D eigenvalue weighted by Crippen LogP contribution is 2.27. The summed E-state index contributed by atoms with van der Waals surface area (Å²) in [5, 5.41) is 2.55. The molecule has 0 aliphatic rings. The molecule has 1 aromatic carbocycles. The fraction of sp³-hybridized carbons (Fsp3) is 0.231. The van der Waals surface area contributed by atoms with Gasteiger partial charge in [-0.05, 0) is 50.0 Å². The van der Waals surface area contributed by atoms with Crippen LogP contribution in [0.25, 0.3) is 16.8 Å². The molecule has 1 heterocycles. The summed E-state index contributed by atoms with van der Waals surface area (Å²) >= 11 is 0. The Bertz CT molecular complexity index is 1000. The van der Waals surface area contributed by atoms with Crippen molar-refractivity contribution in [3.05, 3.63) is 89.7 Å². The molecule has 0 radical (unpaired) electrons. The molecule has 4 heteroatoms. The van der Waals surface area contributed by atoms with Crippen molar-refractivity contribution >= 4 is 17.9 Å². The van der Waals surface area contributed by atoms with E-state index in [9.17, 15) is 4.79 Å². The fourth-order valence-electron chi connectivity index (χ4n) is 3.04. The smallest absolute Gasteiger partial charge is 0.213 e. The summed E-state index contributed by atoms with van der Waals surface area (Å²) in [7, 11) is 0. The lowest BCUT2D eigenvalue weighted by Crippen LogP contribution is -1.95. The number of rotatable bonds is 10. The summed E-state index contributed by atoms with van der Waals surface area (Å²) in [6.07, 6.45) is 17.5. The second-order valence-electron chi connectivity index (χ2n) is 7.21. The fourth-order valence-corrected chi connectivity index (χ4v) is 3.04. The molecule has 0 unspecified atom stereocenters. The number of anilines is 1. The highest BCUT2D eigenvalue weighted by molar-refractivity contribution is 5.78. The molecule has 4 nitrogen and oxygen atoms in total. The molecule has 2 N–H and O–H groups in total. The van der Waals surface area contributed by atoms with E-state index in [1.165, 1.54) is 6.42 Å². The van der Waals surface area contributed by atoms with Gasteiger partial charge in [0.2, 0.25) is 12.4 Å². The number of allylic oxidation sites excluding steroid dienone is 9. The molecule has 2 aromatic rings. The molecule has 0 saturated carbocycles. The molecule has 0 aliphatic carbocycles. The second-order valence-corrected chi connectivity index (χ2v) is 7.21. The van der Waals surface area contributed by atoms with Gasteiger partial charge < -0.3 is 4.98 Å². The van der Waals surface area contributed by atoms with E-state index >= 15 is 0 Å². The van der Waals surface area contributed by atoms with Crippen LogP contribution < -0.4 is 5.32 Å². The van der Waals surface area contributed by atoms with Gasteiger partial charge in [-0.2, -0.15) is 0 Å². The third-order valence-electron chi connectivity index (χ3n) is 4.66. The zero-order chi connectivity index (χ0) is 21.9. The maximum Gasteiger partial charge on any atom is 0.213 e. The lowest BCUT2D eigenvalue weighted by molar-refractivity contribution is -0.105. The molecule has 2 rings (SSSR count). The van der Waals surface area contributed by atoms with Crippen molar-refractivity contribution in [2.75, 3.05) is 5.32 Å². The maximum atomic E-state index is 10.6. The van der Waals surface area contributed by atoms with Gasteiger partial charge in [0.25, 0.3) is 0 Å². The maximum absolute atomic E-state index is 10.6. The van der Waals surface area contributed by atoms with Crippen LogP contribution in [-0.4, -0.2) is 16.4 Å². The number of hydrogen-bond donors (Lipinski definition) is 2. The van der Waals surface area contributed by atoms with Crippen molar-refractivity contribution in [3.63, 3.8) is 0 Å². The largest absolute Gasteiger partial charge is 0.324 e. The minimum atomic E-state index is 0.448. The zero-order valence-electron chi connectivity index (χ0n) is 18.3. The molecule has 0 atom stereocenters. The normalized spacial score (nSPS) is 12.3. The molecule has 0 saturated heterocycles. The van der Waals surface area contributed by atoms with Gasteiger partial charge in [-0.15, -0.1) is 0 Å². The van der Waals surface area contributed by atoms with Gasteiger partial charge in [0.05, 0.1) is 11.4 Å². The van der Waals surface area contributed by atoms with Crippen LogP contribution >= 0.6 is 0 Å². The first kappa shape index (κ1) is 22.9. The summed E-state index contributed by atoms with van der Waals surface area (Å²) in [6.45, 7) is 12.5. The number of carbonyl (C=O) groups excluding carboxylic acids is 1. The first-order valence-corrected chi connectivity index (χ1v) is 10.2. The van der Waals surface area contributed by atoms with Gasteiger partial charge in [0.1, 0.15) is 0 Å². The Hall–Kier alpha value is -3.40. The third-order valence-corrected chi connectivity index (χ3v) is 4.66. The van der Waals surface area contributed by atoms with E-state index in [2.05, 4.69) is 91.2 Å². The summed E-state index contributed by atoms with van der Waals surface area (Å²) < 4.78 is 0. The second kappa shape index (κ2) is 11.6. The Labute approximate surface area is 179 Å². The van der Waals surface area contributed by atoms with Crippen LogP contribution in [0.15, 0.2) is 72.9 Å². The van der Waals surface area contributed by atoms with E-state index in [-0.39, 0.29) is 0 Å². The molecule has 0 bridgehead atoms. The summed E-state index contributed by atoms with van der Waals surface area (Å²) in [5.41, 5.74) is 7.11. The SMILES string of the molecule is C=C(/C=C/C(C)=C/C=C\C=C/CCC)c1ccc(-c2[nH]c(NC=O)nc2C)cc1C. The number of hydrogen-bond acceptors (Lipinski definition) is 2. The molecular formula is C26H31N3O. The number of H-pyrrole nitrogens is 1. The minimum absolute atomic E-state index is 0.448. The number of amides is 1. The van der Waals surface area contributed by atoms with Crippen LogP contribution in [0.5, 0.6) is 0 Å². The lowest BCUT2D eigenvalue weighted by Gasteiger charge is -2.09. The molecule has 30 heavy (non-hydrogen) atoms. The first-order chi connectivity index (χ1) is 14.5. The number of imidazole rings is 1. The standard InChI is InChI=1S/C26H31N3O/c1-6-7-8-9-10-11-12-19(2)13-14-20(3)24-16-15-23(17-21(24)4)25-22(5)28-26(29-25)27-18-30/h8-18H,3,6-7H2,1-2,4-5H3,(H2,27,28,29,30)/b9-8-,11-10-,14-13+,19-12+. The number of benzene rings is 1. The van der Waals surface area contributed by atoms with Crippen molar-refractivity contribution in [3.8, 4) is 11.3 Å². The van der Waals surface area contributed by atoms with Crippen LogP contribution in [0, 0.1) is 13.8 Å². The van der Waals surface area contributed by atoms with E-state index in [1.807, 2.05) is 19.1 Å². The molecule has 156 valence electrons. The van der Waals surface area contributed by atoms with Gasteiger partial charge in [-0.3, -0.25) is 10.1 Å². The Morgan fingerprint density at radius 3 is 2.70 bits per heavy atom. The van der Waals surface area contributed by atoms with Crippen molar-refractivity contribution in [2.24, 2.45) is 0 Å². The zero-order valence-corrected chi connectivity index (χ0v) is 18.3. The number of aryl methyl sites for hydroxylation is 2. The quantitative estimate of drug-likeness (QED) is 0.344. The van der Waals surface area contributed by atoms with Crippen molar-refractivity contribution in [1.82, 2.24) is 9.97 Å². The molecule has 1 aromatic heterocycles. The first-order valence-electron chi connectivity index (χ1n) is 10.2. The van der Waals surface area contributed by atoms with Crippen LogP contribution in [0.2, 0.25) is 0 Å². The van der Waals surface area contributed by atoms with E-state index in [4.69, 9.17) is 0 Å². The minimum Gasteiger partial charge on any atom is -0.324 e. The number of aromatic nitrogens is 2. The van der Waals surface area contributed by atoms with Crippen LogP contribution in [0.4, 0.5) is 5.95 Å². The highest BCUT2D eigenvalue weighted by atomic mass is 16.1. The van der Waals surface area contributed by atoms with Crippen LogP contribution in [0.3, 0.4) is 0 Å². The number of aromatic amines is 1. The molecular weight excluding hydrogens is 370 g/mol. The number of carbonyl (C=O) groups is 1. The van der Waals surface area contributed by atoms with Gasteiger partial charge in [0.15, 0.2) is 0 Å². The average Bonchev–Trinajstić information content (AvgIpc) is 3.09. The Morgan fingerprint density at radius 1 is 1.20 bits per heavy atom. The monoisotopic (exact) mass is 401 g/mol. The van der Waals surface area contributed by atoms with Gasteiger partial charge >= 0.3 is 0 Å². The van der Waals surface area contributed by atoms with Gasteiger partial charge in [-0.25, -0.2) is 4.98 Å². The van der Waals surface area contributed by atoms with Gasteiger partial charge in [0, 0.05) is 5.56 Å². The molecule has 0 fully saturated rings.